The standard InChI is InChI=1S/C27H38N2O4/c1-7-8-17-28-26(31)20(2)29(18-21-9-13-23(32-6)14-10-21)25(30)19-33-24-15-11-22(12-16-24)27(3,4)5/h9-16,20H,7-8,17-19H2,1-6H3,(H,28,31)/t20-/m0/s1. The first-order chi connectivity index (χ1) is 15.7. The van der Waals surface area contributed by atoms with Crippen LogP contribution in [0.25, 0.3) is 0 Å². The number of nitrogens with one attached hydrogen (secondary N) is 1. The van der Waals surface area contributed by atoms with Crippen molar-refractivity contribution in [3.05, 3.63) is 59.7 Å². The molecule has 6 heteroatoms. The van der Waals surface area contributed by atoms with Crippen LogP contribution in [0, 0.1) is 0 Å². The highest BCUT2D eigenvalue weighted by molar-refractivity contribution is 5.87. The maximum Gasteiger partial charge on any atom is 0.261 e. The number of carbonyl (C=O) groups excluding carboxylic acids is 2. The van der Waals surface area contributed by atoms with Gasteiger partial charge in [0, 0.05) is 13.1 Å². The molecule has 180 valence electrons. The number of amides is 2. The van der Waals surface area contributed by atoms with Gasteiger partial charge in [0.15, 0.2) is 6.61 Å². The number of carbonyl (C=O) groups is 2. The van der Waals surface area contributed by atoms with Crippen LogP contribution in [0.1, 0.15) is 58.6 Å². The minimum atomic E-state index is -0.622. The molecule has 6 nitrogen and oxygen atoms in total. The van der Waals surface area contributed by atoms with Crippen LogP contribution in [-0.2, 0) is 21.5 Å². The third-order valence-electron chi connectivity index (χ3n) is 5.59. The fourth-order valence-corrected chi connectivity index (χ4v) is 3.33. The Morgan fingerprint density at radius 3 is 2.15 bits per heavy atom. The highest BCUT2D eigenvalue weighted by Crippen LogP contribution is 2.24. The van der Waals surface area contributed by atoms with E-state index in [1.807, 2.05) is 48.5 Å². The zero-order valence-electron chi connectivity index (χ0n) is 20.8. The van der Waals surface area contributed by atoms with E-state index in [1.54, 1.807) is 18.9 Å². The number of ether oxygens (including phenoxy) is 2. The maximum atomic E-state index is 13.1. The Morgan fingerprint density at radius 2 is 1.61 bits per heavy atom. The molecular weight excluding hydrogens is 416 g/mol. The van der Waals surface area contributed by atoms with Gasteiger partial charge < -0.3 is 19.7 Å². The molecule has 0 fully saturated rings. The van der Waals surface area contributed by atoms with Gasteiger partial charge in [0.2, 0.25) is 5.91 Å². The highest BCUT2D eigenvalue weighted by atomic mass is 16.5. The summed E-state index contributed by atoms with van der Waals surface area (Å²) < 4.78 is 11.0. The van der Waals surface area contributed by atoms with Gasteiger partial charge >= 0.3 is 0 Å². The smallest absolute Gasteiger partial charge is 0.261 e. The summed E-state index contributed by atoms with van der Waals surface area (Å²) in [6.45, 7) is 11.0. The van der Waals surface area contributed by atoms with Crippen LogP contribution in [-0.4, -0.2) is 43.0 Å². The molecule has 33 heavy (non-hydrogen) atoms. The topological polar surface area (TPSA) is 67.9 Å². The average Bonchev–Trinajstić information content (AvgIpc) is 2.80. The Labute approximate surface area is 198 Å². The zero-order valence-corrected chi connectivity index (χ0v) is 20.8. The predicted octanol–water partition coefficient (Wildman–Crippen LogP) is 4.71. The lowest BCUT2D eigenvalue weighted by Crippen LogP contribution is -2.49. The van der Waals surface area contributed by atoms with Crippen molar-refractivity contribution in [2.45, 2.75) is 65.5 Å². The summed E-state index contributed by atoms with van der Waals surface area (Å²) in [4.78, 5) is 27.4. The Bertz CT molecular complexity index is 886. The van der Waals surface area contributed by atoms with Crippen molar-refractivity contribution in [2.24, 2.45) is 0 Å². The van der Waals surface area contributed by atoms with Crippen molar-refractivity contribution in [1.82, 2.24) is 10.2 Å². The molecule has 2 amide bonds. The second-order valence-corrected chi connectivity index (χ2v) is 9.25. The maximum absolute atomic E-state index is 13.1. The van der Waals surface area contributed by atoms with Gasteiger partial charge in [-0.1, -0.05) is 58.4 Å². The first-order valence-electron chi connectivity index (χ1n) is 11.6. The third-order valence-corrected chi connectivity index (χ3v) is 5.59. The van der Waals surface area contributed by atoms with E-state index in [0.717, 1.165) is 24.2 Å². The largest absolute Gasteiger partial charge is 0.497 e. The van der Waals surface area contributed by atoms with Gasteiger partial charge in [-0.2, -0.15) is 0 Å². The van der Waals surface area contributed by atoms with E-state index in [2.05, 4.69) is 33.0 Å². The molecular formula is C27H38N2O4. The van der Waals surface area contributed by atoms with Gasteiger partial charge in [-0.05, 0) is 54.2 Å². The van der Waals surface area contributed by atoms with Crippen LogP contribution in [0.15, 0.2) is 48.5 Å². The molecule has 1 N–H and O–H groups in total. The molecule has 0 aliphatic rings. The number of rotatable bonds is 11. The molecule has 2 rings (SSSR count). The summed E-state index contributed by atoms with van der Waals surface area (Å²) in [6, 6.07) is 14.6. The third kappa shape index (κ3) is 8.12. The van der Waals surface area contributed by atoms with E-state index >= 15 is 0 Å². The Morgan fingerprint density at radius 1 is 1.00 bits per heavy atom. The van der Waals surface area contributed by atoms with E-state index in [4.69, 9.17) is 9.47 Å². The summed E-state index contributed by atoms with van der Waals surface area (Å²) in [5, 5.41) is 2.92. The van der Waals surface area contributed by atoms with Crippen molar-refractivity contribution in [1.29, 1.82) is 0 Å². The Kier molecular flexibility index (Phi) is 9.76. The van der Waals surface area contributed by atoms with Gasteiger partial charge in [-0.3, -0.25) is 9.59 Å². The van der Waals surface area contributed by atoms with Crippen molar-refractivity contribution in [3.8, 4) is 11.5 Å². The lowest BCUT2D eigenvalue weighted by atomic mass is 9.87. The normalized spacial score (nSPS) is 12.1. The van der Waals surface area contributed by atoms with Gasteiger partial charge in [-0.15, -0.1) is 0 Å². The minimum Gasteiger partial charge on any atom is -0.497 e. The fraction of sp³-hybridized carbons (Fsp3) is 0.481. The molecule has 0 aromatic heterocycles. The van der Waals surface area contributed by atoms with Crippen LogP contribution in [0.4, 0.5) is 0 Å². The predicted molar refractivity (Wildman–Crippen MR) is 132 cm³/mol. The van der Waals surface area contributed by atoms with Gasteiger partial charge in [-0.25, -0.2) is 0 Å². The van der Waals surface area contributed by atoms with Crippen molar-refractivity contribution in [2.75, 3.05) is 20.3 Å². The van der Waals surface area contributed by atoms with E-state index in [0.29, 0.717) is 18.8 Å². The Balaban J connectivity index is 2.11. The van der Waals surface area contributed by atoms with Crippen molar-refractivity contribution < 1.29 is 19.1 Å². The van der Waals surface area contributed by atoms with Gasteiger partial charge in [0.05, 0.1) is 7.11 Å². The summed E-state index contributed by atoms with van der Waals surface area (Å²) in [5.74, 6) is 0.952. The number of hydrogen-bond donors (Lipinski definition) is 1. The molecule has 0 heterocycles. The molecule has 0 saturated heterocycles. The molecule has 0 bridgehead atoms. The zero-order chi connectivity index (χ0) is 24.4. The monoisotopic (exact) mass is 454 g/mol. The summed E-state index contributed by atoms with van der Waals surface area (Å²) in [6.07, 6.45) is 1.89. The van der Waals surface area contributed by atoms with Crippen LogP contribution in [0.2, 0.25) is 0 Å². The minimum absolute atomic E-state index is 0.0457. The quantitative estimate of drug-likeness (QED) is 0.500. The van der Waals surface area contributed by atoms with Crippen molar-refractivity contribution >= 4 is 11.8 Å². The molecule has 1 atom stereocenters. The second-order valence-electron chi connectivity index (χ2n) is 9.25. The van der Waals surface area contributed by atoms with E-state index < -0.39 is 6.04 Å². The van der Waals surface area contributed by atoms with Crippen LogP contribution in [0.3, 0.4) is 0 Å². The van der Waals surface area contributed by atoms with E-state index in [9.17, 15) is 9.59 Å². The van der Waals surface area contributed by atoms with Crippen LogP contribution < -0.4 is 14.8 Å². The van der Waals surface area contributed by atoms with Gasteiger partial charge in [0.25, 0.3) is 5.91 Å². The first-order valence-corrected chi connectivity index (χ1v) is 11.6. The molecule has 0 saturated carbocycles. The molecule has 0 aliphatic carbocycles. The summed E-state index contributed by atoms with van der Waals surface area (Å²) >= 11 is 0. The first kappa shape index (κ1) is 26.2. The average molecular weight is 455 g/mol. The lowest BCUT2D eigenvalue weighted by Gasteiger charge is -2.29. The Hall–Kier alpha value is -3.02. The van der Waals surface area contributed by atoms with Crippen LogP contribution >= 0.6 is 0 Å². The number of unbranched alkanes of at least 4 members (excludes halogenated alkanes) is 1. The molecule has 0 aliphatic heterocycles. The SMILES string of the molecule is CCCCNC(=O)[C@H](C)N(Cc1ccc(OC)cc1)C(=O)COc1ccc(C(C)(C)C)cc1. The van der Waals surface area contributed by atoms with E-state index in [1.165, 1.54) is 5.56 Å². The number of methoxy groups -OCH3 is 1. The molecule has 2 aromatic rings. The second kappa shape index (κ2) is 12.3. The molecule has 0 spiro atoms. The summed E-state index contributed by atoms with van der Waals surface area (Å²) in [5.41, 5.74) is 2.15. The number of nitrogens with zero attached hydrogens (tertiary/aromatic N) is 1. The van der Waals surface area contributed by atoms with E-state index in [-0.39, 0.29) is 23.8 Å². The fourth-order valence-electron chi connectivity index (χ4n) is 3.33. The van der Waals surface area contributed by atoms with Gasteiger partial charge in [0.1, 0.15) is 17.5 Å². The highest BCUT2D eigenvalue weighted by Gasteiger charge is 2.26. The molecule has 0 radical (unpaired) electrons. The van der Waals surface area contributed by atoms with Crippen LogP contribution in [0.5, 0.6) is 11.5 Å². The summed E-state index contributed by atoms with van der Waals surface area (Å²) in [7, 11) is 1.61. The molecule has 0 unspecified atom stereocenters. The number of hydrogen-bond acceptors (Lipinski definition) is 4. The van der Waals surface area contributed by atoms with Crippen molar-refractivity contribution in [3.63, 3.8) is 0 Å². The lowest BCUT2D eigenvalue weighted by molar-refractivity contribution is -0.142. The molecule has 2 aromatic carbocycles. The number of benzene rings is 2.